The number of furan rings is 1. The third kappa shape index (κ3) is 9.62. The van der Waals surface area contributed by atoms with Gasteiger partial charge in [0.15, 0.2) is 5.96 Å². The number of guanidine groups is 1. The molecule has 10 heteroatoms. The zero-order chi connectivity index (χ0) is 19.1. The Morgan fingerprint density at radius 3 is 2.46 bits per heavy atom. The fourth-order valence-electron chi connectivity index (χ4n) is 2.13. The molecule has 0 aliphatic rings. The number of hydrogen-bond acceptors (Lipinski definition) is 4. The van der Waals surface area contributed by atoms with E-state index in [1.54, 1.807) is 26.0 Å². The summed E-state index contributed by atoms with van der Waals surface area (Å²) in [5.74, 6) is 1.53. The highest BCUT2D eigenvalue weighted by Crippen LogP contribution is 2.23. The lowest BCUT2D eigenvalue weighted by atomic mass is 10.0. The van der Waals surface area contributed by atoms with Gasteiger partial charge in [0.1, 0.15) is 17.1 Å². The number of rotatable bonds is 8. The van der Waals surface area contributed by atoms with E-state index in [0.717, 1.165) is 0 Å². The molecule has 0 aromatic carbocycles. The predicted octanol–water partition coefficient (Wildman–Crippen LogP) is 2.46. The van der Waals surface area contributed by atoms with Gasteiger partial charge in [0.05, 0.1) is 13.1 Å². The summed E-state index contributed by atoms with van der Waals surface area (Å²) >= 11 is 0. The fraction of sp³-hybridized carbons (Fsp3) is 0.688. The lowest BCUT2D eigenvalue weighted by Crippen LogP contribution is -2.43. The minimum Gasteiger partial charge on any atom is -0.463 e. The van der Waals surface area contributed by atoms with Crippen LogP contribution in [0.15, 0.2) is 21.5 Å². The third-order valence-electron chi connectivity index (χ3n) is 3.40. The monoisotopic (exact) mass is 492 g/mol. The molecule has 1 heterocycles. The van der Waals surface area contributed by atoms with Gasteiger partial charge in [0.25, 0.3) is 0 Å². The first-order chi connectivity index (χ1) is 11.5. The maximum atomic E-state index is 12.3. The Morgan fingerprint density at radius 2 is 1.96 bits per heavy atom. The van der Waals surface area contributed by atoms with Gasteiger partial charge in [-0.15, -0.1) is 24.0 Å². The van der Waals surface area contributed by atoms with Crippen molar-refractivity contribution in [3.8, 4) is 0 Å². The SMILES string of the molecule is CCNC(=NCC(C)(O)c1ccc(C)o1)NCCN(C)CC(F)(F)F.I. The van der Waals surface area contributed by atoms with Gasteiger partial charge in [-0.3, -0.25) is 4.90 Å². The maximum absolute atomic E-state index is 12.3. The van der Waals surface area contributed by atoms with E-state index in [0.29, 0.717) is 30.6 Å². The summed E-state index contributed by atoms with van der Waals surface area (Å²) in [6.07, 6.45) is -4.22. The summed E-state index contributed by atoms with van der Waals surface area (Å²) in [7, 11) is 1.41. The zero-order valence-electron chi connectivity index (χ0n) is 15.5. The van der Waals surface area contributed by atoms with Gasteiger partial charge in [0, 0.05) is 19.6 Å². The van der Waals surface area contributed by atoms with Crippen LogP contribution in [0, 0.1) is 6.92 Å². The number of likely N-dealkylation sites (N-methyl/N-ethyl adjacent to an activating group) is 1. The Morgan fingerprint density at radius 1 is 1.31 bits per heavy atom. The normalized spacial score (nSPS) is 14.7. The van der Waals surface area contributed by atoms with Crippen molar-refractivity contribution >= 4 is 29.9 Å². The van der Waals surface area contributed by atoms with Crippen LogP contribution in [0.4, 0.5) is 13.2 Å². The number of nitrogens with one attached hydrogen (secondary N) is 2. The molecule has 0 saturated carbocycles. The van der Waals surface area contributed by atoms with E-state index in [1.165, 1.54) is 11.9 Å². The Bertz CT molecular complexity index is 562. The molecule has 1 unspecified atom stereocenters. The largest absolute Gasteiger partial charge is 0.463 e. The number of hydrogen-bond donors (Lipinski definition) is 3. The average molecular weight is 492 g/mol. The Labute approximate surface area is 169 Å². The van der Waals surface area contributed by atoms with Crippen LogP contribution in [0.2, 0.25) is 0 Å². The van der Waals surface area contributed by atoms with Crippen molar-refractivity contribution in [2.24, 2.45) is 4.99 Å². The van der Waals surface area contributed by atoms with Crippen molar-refractivity contribution in [2.45, 2.75) is 32.5 Å². The quantitative estimate of drug-likeness (QED) is 0.296. The summed E-state index contributed by atoms with van der Waals surface area (Å²) < 4.78 is 42.3. The van der Waals surface area contributed by atoms with Crippen LogP contribution < -0.4 is 10.6 Å². The molecule has 0 radical (unpaired) electrons. The van der Waals surface area contributed by atoms with Crippen molar-refractivity contribution in [3.05, 3.63) is 23.7 Å². The number of aliphatic imine (C=N–C) groups is 1. The van der Waals surface area contributed by atoms with Crippen LogP contribution in [0.3, 0.4) is 0 Å². The highest BCUT2D eigenvalue weighted by Gasteiger charge is 2.29. The molecule has 1 aromatic rings. The van der Waals surface area contributed by atoms with E-state index in [-0.39, 0.29) is 37.1 Å². The fourth-order valence-corrected chi connectivity index (χ4v) is 2.13. The summed E-state index contributed by atoms with van der Waals surface area (Å²) in [6, 6.07) is 3.45. The van der Waals surface area contributed by atoms with Crippen molar-refractivity contribution < 1.29 is 22.7 Å². The van der Waals surface area contributed by atoms with Gasteiger partial charge in [0.2, 0.25) is 0 Å². The number of alkyl halides is 3. The van der Waals surface area contributed by atoms with Crippen LogP contribution in [-0.4, -0.2) is 61.9 Å². The Hall–Kier alpha value is -1.01. The van der Waals surface area contributed by atoms with Gasteiger partial charge < -0.3 is 20.2 Å². The molecule has 26 heavy (non-hydrogen) atoms. The standard InChI is InChI=1S/C16H27F3N4O2.HI/c1-5-20-14(21-8-9-23(4)11-16(17,18)19)22-10-15(3,24)13-7-6-12(2)25-13;/h6-7,24H,5,8-11H2,1-4H3,(H2,20,21,22);1H. The second-order valence-electron chi connectivity index (χ2n) is 6.16. The summed E-state index contributed by atoms with van der Waals surface area (Å²) in [6.45, 7) is 5.43. The van der Waals surface area contributed by atoms with Gasteiger partial charge >= 0.3 is 6.18 Å². The van der Waals surface area contributed by atoms with Gasteiger partial charge in [-0.05, 0) is 40.0 Å². The van der Waals surface area contributed by atoms with Gasteiger partial charge in [-0.1, -0.05) is 0 Å². The summed E-state index contributed by atoms with van der Waals surface area (Å²) in [5, 5.41) is 16.4. The van der Waals surface area contributed by atoms with Crippen molar-refractivity contribution in [3.63, 3.8) is 0 Å². The summed E-state index contributed by atoms with van der Waals surface area (Å²) in [5.41, 5.74) is -1.27. The Balaban J connectivity index is 0.00000625. The molecule has 152 valence electrons. The highest BCUT2D eigenvalue weighted by molar-refractivity contribution is 14.0. The van der Waals surface area contributed by atoms with Gasteiger partial charge in [-0.25, -0.2) is 4.99 Å². The second kappa shape index (κ2) is 11.0. The van der Waals surface area contributed by atoms with E-state index >= 15 is 0 Å². The molecule has 0 aliphatic carbocycles. The van der Waals surface area contributed by atoms with E-state index in [2.05, 4.69) is 15.6 Å². The lowest BCUT2D eigenvalue weighted by Gasteiger charge is -2.21. The maximum Gasteiger partial charge on any atom is 0.401 e. The van der Waals surface area contributed by atoms with Crippen molar-refractivity contribution in [1.82, 2.24) is 15.5 Å². The Kier molecular flexibility index (Phi) is 10.5. The van der Waals surface area contributed by atoms with Crippen LogP contribution in [0.1, 0.15) is 25.4 Å². The minimum absolute atomic E-state index is 0. The topological polar surface area (TPSA) is 73.0 Å². The molecule has 0 spiro atoms. The van der Waals surface area contributed by atoms with Crippen LogP contribution in [0.25, 0.3) is 0 Å². The van der Waals surface area contributed by atoms with Crippen LogP contribution in [0.5, 0.6) is 0 Å². The van der Waals surface area contributed by atoms with E-state index in [4.69, 9.17) is 4.42 Å². The van der Waals surface area contributed by atoms with Crippen LogP contribution >= 0.6 is 24.0 Å². The van der Waals surface area contributed by atoms with E-state index in [9.17, 15) is 18.3 Å². The molecule has 0 fully saturated rings. The van der Waals surface area contributed by atoms with Crippen molar-refractivity contribution in [1.29, 1.82) is 0 Å². The molecule has 1 aromatic heterocycles. The molecule has 0 saturated heterocycles. The molecule has 0 amide bonds. The lowest BCUT2D eigenvalue weighted by molar-refractivity contribution is -0.142. The molecular weight excluding hydrogens is 464 g/mol. The smallest absolute Gasteiger partial charge is 0.401 e. The molecular formula is C16H28F3IN4O2. The molecule has 1 rings (SSSR count). The number of halogens is 4. The molecule has 1 atom stereocenters. The third-order valence-corrected chi connectivity index (χ3v) is 3.40. The summed E-state index contributed by atoms with van der Waals surface area (Å²) in [4.78, 5) is 5.46. The number of aryl methyl sites for hydroxylation is 1. The highest BCUT2D eigenvalue weighted by atomic mass is 127. The first-order valence-corrected chi connectivity index (χ1v) is 8.10. The average Bonchev–Trinajstić information content (AvgIpc) is 2.90. The second-order valence-corrected chi connectivity index (χ2v) is 6.16. The van der Waals surface area contributed by atoms with E-state index < -0.39 is 18.3 Å². The molecule has 0 aliphatic heterocycles. The predicted molar refractivity (Wildman–Crippen MR) is 106 cm³/mol. The first-order valence-electron chi connectivity index (χ1n) is 8.10. The van der Waals surface area contributed by atoms with Gasteiger partial charge in [-0.2, -0.15) is 13.2 Å². The number of aliphatic hydroxyl groups is 1. The molecule has 0 bridgehead atoms. The minimum atomic E-state index is -4.22. The molecule has 3 N–H and O–H groups in total. The van der Waals surface area contributed by atoms with Crippen molar-refractivity contribution in [2.75, 3.05) is 39.8 Å². The number of nitrogens with zero attached hydrogens (tertiary/aromatic N) is 2. The zero-order valence-corrected chi connectivity index (χ0v) is 17.8. The van der Waals surface area contributed by atoms with Crippen LogP contribution in [-0.2, 0) is 5.60 Å². The first kappa shape index (κ1) is 25.0. The van der Waals surface area contributed by atoms with E-state index in [1.807, 2.05) is 6.92 Å². The molecule has 6 nitrogen and oxygen atoms in total.